The highest BCUT2D eigenvalue weighted by molar-refractivity contribution is 6.09. The molecule has 3 heterocycles. The van der Waals surface area contributed by atoms with Gasteiger partial charge in [-0.05, 0) is 138 Å². The average Bonchev–Trinajstić information content (AvgIpc) is 3.79. The molecule has 0 amide bonds. The predicted molar refractivity (Wildman–Crippen MR) is 290 cm³/mol. The molecule has 350 valence electrons. The van der Waals surface area contributed by atoms with Gasteiger partial charge in [-0.1, -0.05) is 158 Å². The van der Waals surface area contributed by atoms with Crippen LogP contribution >= 0.6 is 0 Å². The molecule has 6 aromatic carbocycles. The Morgan fingerprint density at radius 3 is 1.69 bits per heavy atom. The van der Waals surface area contributed by atoms with Crippen molar-refractivity contribution in [2.75, 3.05) is 16.5 Å². The van der Waals surface area contributed by atoms with Crippen molar-refractivity contribution in [3.63, 3.8) is 0 Å². The zero-order valence-corrected chi connectivity index (χ0v) is 43.4. The van der Waals surface area contributed by atoms with Gasteiger partial charge >= 0.3 is 0 Å². The number of benzene rings is 6. The third-order valence-electron chi connectivity index (χ3n) is 13.9. The van der Waals surface area contributed by atoms with E-state index in [2.05, 4.69) is 252 Å². The number of anilines is 3. The Bertz CT molecular complexity index is 3160. The fourth-order valence-corrected chi connectivity index (χ4v) is 9.54. The second kappa shape index (κ2) is 16.7. The van der Waals surface area contributed by atoms with Crippen molar-refractivity contribution in [3.05, 3.63) is 173 Å². The Morgan fingerprint density at radius 2 is 1.04 bits per heavy atom. The van der Waals surface area contributed by atoms with Gasteiger partial charge in [0.2, 0.25) is 0 Å². The lowest BCUT2D eigenvalue weighted by Gasteiger charge is -2.28. The summed E-state index contributed by atoms with van der Waals surface area (Å²) in [7, 11) is 0. The minimum Gasteiger partial charge on any atom is -0.457 e. The van der Waals surface area contributed by atoms with Crippen LogP contribution in [0.25, 0.3) is 38.8 Å². The maximum atomic E-state index is 6.82. The highest BCUT2D eigenvalue weighted by Crippen LogP contribution is 2.44. The van der Waals surface area contributed by atoms with E-state index in [0.29, 0.717) is 0 Å². The highest BCUT2D eigenvalue weighted by Gasteiger charge is 2.29. The first-order chi connectivity index (χ1) is 31.8. The van der Waals surface area contributed by atoms with Crippen LogP contribution in [0, 0.1) is 0 Å². The summed E-state index contributed by atoms with van der Waals surface area (Å²) in [5, 5.41) is 2.39. The fourth-order valence-electron chi connectivity index (χ4n) is 9.54. The summed E-state index contributed by atoms with van der Waals surface area (Å²) in [6.07, 6.45) is 1.94. The first-order valence-corrected chi connectivity index (χ1v) is 24.6. The standard InChI is InChI=1S/C63H72N4O/c1-59(2,3)44-23-26-54-53(35-44)52-25-24-51(38-57(52)67(54)58-36-45(27-28-64-58)60(4,5)6)68-50-20-18-19-49(37-50)66-40-65(55-21-16-17-22-56(55)66)39-41-29-42(31-46(30-41)61(7,8)9)43-32-47(62(10,11)12)34-48(33-43)63(13,14)15/h16-38H,39-40H2,1-15H3. The van der Waals surface area contributed by atoms with Crippen LogP contribution in [0.3, 0.4) is 0 Å². The van der Waals surface area contributed by atoms with E-state index in [1.54, 1.807) is 0 Å². The van der Waals surface area contributed by atoms with E-state index in [1.807, 2.05) is 6.20 Å². The number of aromatic nitrogens is 2. The van der Waals surface area contributed by atoms with E-state index >= 15 is 0 Å². The largest absolute Gasteiger partial charge is 0.457 e. The maximum Gasteiger partial charge on any atom is 0.137 e. The zero-order valence-electron chi connectivity index (χ0n) is 43.4. The summed E-state index contributed by atoms with van der Waals surface area (Å²) in [6.45, 7) is 36.0. The molecule has 0 unspecified atom stereocenters. The molecule has 0 saturated carbocycles. The zero-order chi connectivity index (χ0) is 48.7. The van der Waals surface area contributed by atoms with Crippen LogP contribution in [-0.2, 0) is 33.6 Å². The van der Waals surface area contributed by atoms with E-state index in [4.69, 9.17) is 9.72 Å². The Labute approximate surface area is 406 Å². The first-order valence-electron chi connectivity index (χ1n) is 24.6. The van der Waals surface area contributed by atoms with Crippen molar-refractivity contribution < 1.29 is 4.74 Å². The van der Waals surface area contributed by atoms with Crippen LogP contribution in [0.5, 0.6) is 11.5 Å². The topological polar surface area (TPSA) is 33.5 Å². The van der Waals surface area contributed by atoms with Gasteiger partial charge in [0.15, 0.2) is 0 Å². The molecule has 0 radical (unpaired) electrons. The molecule has 0 N–H and O–H groups in total. The van der Waals surface area contributed by atoms with E-state index in [1.165, 1.54) is 66.7 Å². The van der Waals surface area contributed by atoms with Gasteiger partial charge in [0.25, 0.3) is 0 Å². The van der Waals surface area contributed by atoms with Crippen molar-refractivity contribution in [2.45, 2.75) is 137 Å². The van der Waals surface area contributed by atoms with Crippen LogP contribution in [0.15, 0.2) is 140 Å². The van der Waals surface area contributed by atoms with Gasteiger partial charge in [-0.15, -0.1) is 0 Å². The molecule has 1 aliphatic rings. The molecule has 5 nitrogen and oxygen atoms in total. The van der Waals surface area contributed by atoms with Gasteiger partial charge in [-0.3, -0.25) is 4.57 Å². The molecule has 0 aliphatic carbocycles. The first kappa shape index (κ1) is 46.8. The van der Waals surface area contributed by atoms with E-state index in [-0.39, 0.29) is 27.1 Å². The molecule has 2 aromatic heterocycles. The lowest BCUT2D eigenvalue weighted by Crippen LogP contribution is -2.27. The Hall–Kier alpha value is -6.33. The van der Waals surface area contributed by atoms with Gasteiger partial charge < -0.3 is 14.5 Å². The highest BCUT2D eigenvalue weighted by atomic mass is 16.5. The van der Waals surface area contributed by atoms with E-state index in [9.17, 15) is 0 Å². The van der Waals surface area contributed by atoms with Crippen molar-refractivity contribution in [1.82, 2.24) is 9.55 Å². The Morgan fingerprint density at radius 1 is 0.456 bits per heavy atom. The van der Waals surface area contributed by atoms with Crippen LogP contribution in [0.4, 0.5) is 17.1 Å². The predicted octanol–water partition coefficient (Wildman–Crippen LogP) is 17.2. The average molecular weight is 901 g/mol. The molecule has 0 spiro atoms. The molecular weight excluding hydrogens is 829 g/mol. The Kier molecular flexibility index (Phi) is 11.5. The summed E-state index contributed by atoms with van der Waals surface area (Å²) >= 11 is 0. The van der Waals surface area contributed by atoms with Crippen LogP contribution in [-0.4, -0.2) is 16.2 Å². The molecule has 5 heteroatoms. The van der Waals surface area contributed by atoms with E-state index in [0.717, 1.165) is 47.3 Å². The van der Waals surface area contributed by atoms with Crippen molar-refractivity contribution in [2.24, 2.45) is 0 Å². The number of pyridine rings is 1. The fraction of sp³-hybridized carbons (Fsp3) is 0.349. The number of para-hydroxylation sites is 2. The summed E-state index contributed by atoms with van der Waals surface area (Å²) in [4.78, 5) is 9.89. The molecular formula is C63H72N4O. The van der Waals surface area contributed by atoms with Crippen molar-refractivity contribution in [1.29, 1.82) is 0 Å². The third kappa shape index (κ3) is 9.29. The molecule has 1 aliphatic heterocycles. The summed E-state index contributed by atoms with van der Waals surface area (Å²) in [6, 6.07) is 49.7. The normalized spacial score (nSPS) is 13.8. The second-order valence-electron chi connectivity index (χ2n) is 24.5. The van der Waals surface area contributed by atoms with Crippen LogP contribution < -0.4 is 14.5 Å². The van der Waals surface area contributed by atoms with Gasteiger partial charge in [0.1, 0.15) is 17.3 Å². The number of rotatable bonds is 7. The van der Waals surface area contributed by atoms with Gasteiger partial charge in [0, 0.05) is 41.3 Å². The lowest BCUT2D eigenvalue weighted by molar-refractivity contribution is 0.483. The molecule has 0 fully saturated rings. The molecule has 9 rings (SSSR count). The van der Waals surface area contributed by atoms with Crippen LogP contribution in [0.1, 0.15) is 137 Å². The smallest absolute Gasteiger partial charge is 0.137 e. The Balaban J connectivity index is 1.05. The molecule has 0 atom stereocenters. The van der Waals surface area contributed by atoms with Crippen LogP contribution in [0.2, 0.25) is 0 Å². The number of nitrogens with zero attached hydrogens (tertiary/aromatic N) is 4. The third-order valence-corrected chi connectivity index (χ3v) is 13.9. The quantitative estimate of drug-likeness (QED) is 0.160. The number of hydrogen-bond donors (Lipinski definition) is 0. The number of ether oxygens (including phenoxy) is 1. The monoisotopic (exact) mass is 901 g/mol. The SMILES string of the molecule is CC(C)(C)c1cc(CN2CN(c3cccc(Oc4ccc5c6cc(C(C)(C)C)ccc6n(-c6cc(C(C)(C)C)ccn6)c5c4)c3)c3ccccc32)cc(-c2cc(C(C)(C)C)cc(C(C)(C)C)c2)c1. The number of fused-ring (bicyclic) bond motifs is 4. The van der Waals surface area contributed by atoms with E-state index < -0.39 is 0 Å². The second-order valence-corrected chi connectivity index (χ2v) is 24.5. The maximum absolute atomic E-state index is 6.82. The van der Waals surface area contributed by atoms with Crippen molar-refractivity contribution in [3.8, 4) is 28.4 Å². The minimum atomic E-state index is -0.0151. The van der Waals surface area contributed by atoms with Crippen molar-refractivity contribution >= 4 is 38.9 Å². The molecule has 8 aromatic rings. The molecule has 0 saturated heterocycles. The summed E-state index contributed by atoms with van der Waals surface area (Å²) < 4.78 is 9.13. The summed E-state index contributed by atoms with van der Waals surface area (Å²) in [5.41, 5.74) is 16.3. The van der Waals surface area contributed by atoms with Gasteiger partial charge in [-0.25, -0.2) is 4.98 Å². The lowest BCUT2D eigenvalue weighted by atomic mass is 9.78. The van der Waals surface area contributed by atoms with Gasteiger partial charge in [0.05, 0.1) is 29.1 Å². The number of hydrogen-bond acceptors (Lipinski definition) is 4. The molecule has 0 bridgehead atoms. The van der Waals surface area contributed by atoms with Gasteiger partial charge in [-0.2, -0.15) is 0 Å². The minimum absolute atomic E-state index is 0.0141. The molecule has 68 heavy (non-hydrogen) atoms. The summed E-state index contributed by atoms with van der Waals surface area (Å²) in [5.74, 6) is 2.48.